The van der Waals surface area contributed by atoms with Gasteiger partial charge in [-0.05, 0) is 80.0 Å². The second-order valence-corrected chi connectivity index (χ2v) is 9.20. The number of hydrogen-bond donors (Lipinski definition) is 0. The van der Waals surface area contributed by atoms with Crippen LogP contribution < -0.4 is 0 Å². The third kappa shape index (κ3) is 4.15. The first-order valence-corrected chi connectivity index (χ1v) is 12.2. The van der Waals surface area contributed by atoms with E-state index in [4.69, 9.17) is 10.1 Å². The van der Waals surface area contributed by atoms with Crippen LogP contribution in [0.5, 0.6) is 0 Å². The molecule has 0 bridgehead atoms. The molecule has 1 atom stereocenters. The number of nitrogens with zero attached hydrogens (tertiary/aromatic N) is 5. The number of thioether (sulfide) groups is 1. The lowest BCUT2D eigenvalue weighted by molar-refractivity contribution is 0.445. The monoisotopic (exact) mass is 441 g/mol. The summed E-state index contributed by atoms with van der Waals surface area (Å²) < 4.78 is 4.15. The molecule has 4 aromatic rings. The minimum Gasteiger partial charge on any atom is -0.306 e. The molecule has 2 aromatic carbocycles. The van der Waals surface area contributed by atoms with E-state index in [1.165, 1.54) is 16.0 Å². The predicted molar refractivity (Wildman–Crippen MR) is 131 cm³/mol. The summed E-state index contributed by atoms with van der Waals surface area (Å²) in [6.07, 6.45) is 12.4. The fourth-order valence-electron chi connectivity index (χ4n) is 4.39. The fourth-order valence-corrected chi connectivity index (χ4v) is 4.80. The summed E-state index contributed by atoms with van der Waals surface area (Å²) >= 11 is 1.77. The zero-order chi connectivity index (χ0) is 22.1. The Morgan fingerprint density at radius 3 is 2.62 bits per heavy atom. The molecule has 0 amide bonds. The highest BCUT2D eigenvalue weighted by Gasteiger charge is 2.25. The zero-order valence-corrected chi connectivity index (χ0v) is 19.5. The normalized spacial score (nSPS) is 15.9. The molecule has 0 spiro atoms. The van der Waals surface area contributed by atoms with Gasteiger partial charge in [-0.3, -0.25) is 0 Å². The molecule has 5 rings (SSSR count). The summed E-state index contributed by atoms with van der Waals surface area (Å²) in [5.74, 6) is 2.17. The second-order valence-electron chi connectivity index (χ2n) is 8.32. The van der Waals surface area contributed by atoms with E-state index in [0.717, 1.165) is 48.0 Å². The van der Waals surface area contributed by atoms with Crippen molar-refractivity contribution in [1.82, 2.24) is 24.3 Å². The summed E-state index contributed by atoms with van der Waals surface area (Å²) in [6, 6.07) is 15.3. The van der Waals surface area contributed by atoms with Gasteiger partial charge in [-0.2, -0.15) is 5.10 Å². The van der Waals surface area contributed by atoms with E-state index in [0.29, 0.717) is 5.92 Å². The average molecular weight is 442 g/mol. The predicted octanol–water partition coefficient (Wildman–Crippen LogP) is 5.90. The smallest absolute Gasteiger partial charge is 0.174 e. The van der Waals surface area contributed by atoms with Gasteiger partial charge in [-0.1, -0.05) is 24.3 Å². The van der Waals surface area contributed by atoms with Gasteiger partial charge in [-0.25, -0.2) is 14.6 Å². The molecular weight excluding hydrogens is 414 g/mol. The lowest BCUT2D eigenvalue weighted by Crippen LogP contribution is -2.17. The Hall–Kier alpha value is -3.12. The summed E-state index contributed by atoms with van der Waals surface area (Å²) in [4.78, 5) is 10.5. The van der Waals surface area contributed by atoms with Crippen molar-refractivity contribution >= 4 is 23.9 Å². The number of aryl methyl sites for hydroxylation is 3. The molecule has 1 aliphatic rings. The molecule has 0 radical (unpaired) electrons. The molecule has 2 aromatic heterocycles. The van der Waals surface area contributed by atoms with Crippen molar-refractivity contribution in [2.24, 2.45) is 0 Å². The molecule has 162 valence electrons. The number of benzene rings is 2. The molecule has 0 aliphatic carbocycles. The summed E-state index contributed by atoms with van der Waals surface area (Å²) in [5, 5.41) is 4.77. The first-order valence-electron chi connectivity index (χ1n) is 11.0. The quantitative estimate of drug-likeness (QED) is 0.362. The Balaban J connectivity index is 1.37. The van der Waals surface area contributed by atoms with Crippen LogP contribution in [0, 0.1) is 13.8 Å². The molecule has 0 unspecified atom stereocenters. The van der Waals surface area contributed by atoms with Crippen LogP contribution in [0.1, 0.15) is 52.8 Å². The Morgan fingerprint density at radius 1 is 1.06 bits per heavy atom. The number of imidazole rings is 1. The molecule has 3 heterocycles. The van der Waals surface area contributed by atoms with Crippen LogP contribution in [0.25, 0.3) is 17.8 Å². The van der Waals surface area contributed by atoms with E-state index >= 15 is 0 Å². The van der Waals surface area contributed by atoms with Crippen molar-refractivity contribution in [3.05, 3.63) is 89.0 Å². The van der Waals surface area contributed by atoms with Crippen LogP contribution >= 0.6 is 11.8 Å². The van der Waals surface area contributed by atoms with Gasteiger partial charge in [0, 0.05) is 29.2 Å². The first-order chi connectivity index (χ1) is 15.6. The summed E-state index contributed by atoms with van der Waals surface area (Å²) in [6.45, 7) is 5.07. The Kier molecular flexibility index (Phi) is 5.70. The van der Waals surface area contributed by atoms with Crippen LogP contribution in [-0.2, 0) is 6.54 Å². The van der Waals surface area contributed by atoms with Crippen LogP contribution in [0.3, 0.4) is 0 Å². The van der Waals surface area contributed by atoms with Crippen molar-refractivity contribution < 1.29 is 0 Å². The van der Waals surface area contributed by atoms with E-state index in [-0.39, 0.29) is 0 Å². The highest BCUT2D eigenvalue weighted by atomic mass is 32.2. The number of rotatable bonds is 5. The number of aromatic nitrogens is 5. The maximum Gasteiger partial charge on any atom is 0.174 e. The van der Waals surface area contributed by atoms with Gasteiger partial charge in [0.05, 0.1) is 12.0 Å². The molecule has 6 heteroatoms. The van der Waals surface area contributed by atoms with Gasteiger partial charge >= 0.3 is 0 Å². The Morgan fingerprint density at radius 2 is 1.91 bits per heavy atom. The molecule has 32 heavy (non-hydrogen) atoms. The molecule has 0 saturated carbocycles. The van der Waals surface area contributed by atoms with Gasteiger partial charge in [0.2, 0.25) is 0 Å². The molecule has 0 fully saturated rings. The molecular formula is C26H27N5S. The van der Waals surface area contributed by atoms with Crippen molar-refractivity contribution in [1.29, 1.82) is 0 Å². The minimum atomic E-state index is 0.314. The van der Waals surface area contributed by atoms with E-state index in [1.54, 1.807) is 11.8 Å². The standard InChI is InChI=1S/C26H27N5S/c1-18-15-20(6-12-24(18)30-16-19(2)27-17-30)7-13-25-28-26-23(5-4-14-31(26)29-25)21-8-10-22(32-3)11-9-21/h6-13,15-17,23H,4-5,14H2,1-3H3/b13-7+/t23-/m0/s1. The molecule has 0 N–H and O–H groups in total. The van der Waals surface area contributed by atoms with Gasteiger partial charge in [0.25, 0.3) is 0 Å². The lowest BCUT2D eigenvalue weighted by Gasteiger charge is -2.22. The second kappa shape index (κ2) is 8.79. The highest BCUT2D eigenvalue weighted by Crippen LogP contribution is 2.33. The Labute approximate surface area is 193 Å². The van der Waals surface area contributed by atoms with Crippen LogP contribution in [0.15, 0.2) is 59.9 Å². The maximum atomic E-state index is 4.90. The minimum absolute atomic E-state index is 0.314. The maximum absolute atomic E-state index is 4.90. The van der Waals surface area contributed by atoms with Crippen LogP contribution in [0.4, 0.5) is 0 Å². The van der Waals surface area contributed by atoms with Gasteiger partial charge in [-0.15, -0.1) is 11.8 Å². The molecule has 0 saturated heterocycles. The fraction of sp³-hybridized carbons (Fsp3) is 0.269. The van der Waals surface area contributed by atoms with Crippen molar-refractivity contribution in [2.45, 2.75) is 44.0 Å². The van der Waals surface area contributed by atoms with E-state index in [2.05, 4.69) is 76.0 Å². The highest BCUT2D eigenvalue weighted by molar-refractivity contribution is 7.98. The van der Waals surface area contributed by atoms with E-state index in [9.17, 15) is 0 Å². The van der Waals surface area contributed by atoms with E-state index < -0.39 is 0 Å². The van der Waals surface area contributed by atoms with Gasteiger partial charge in [0.1, 0.15) is 5.82 Å². The third-order valence-corrected chi connectivity index (χ3v) is 6.79. The SMILES string of the molecule is CSc1ccc([C@@H]2CCCn3nc(/C=C/c4ccc(-n5cnc(C)c5)c(C)c4)nc32)cc1. The Bertz CT molecular complexity index is 1270. The lowest BCUT2D eigenvalue weighted by atomic mass is 9.91. The molecule has 5 nitrogen and oxygen atoms in total. The van der Waals surface area contributed by atoms with Gasteiger partial charge in [0.15, 0.2) is 5.82 Å². The molecule has 1 aliphatic heterocycles. The van der Waals surface area contributed by atoms with Gasteiger partial charge < -0.3 is 4.57 Å². The summed E-state index contributed by atoms with van der Waals surface area (Å²) in [7, 11) is 0. The topological polar surface area (TPSA) is 48.5 Å². The van der Waals surface area contributed by atoms with Crippen molar-refractivity contribution in [3.8, 4) is 5.69 Å². The third-order valence-electron chi connectivity index (χ3n) is 6.04. The van der Waals surface area contributed by atoms with Crippen LogP contribution in [0.2, 0.25) is 0 Å². The average Bonchev–Trinajstić information content (AvgIpc) is 3.43. The first kappa shape index (κ1) is 20.8. The van der Waals surface area contributed by atoms with Crippen LogP contribution in [-0.4, -0.2) is 30.6 Å². The summed E-state index contributed by atoms with van der Waals surface area (Å²) in [5.41, 5.74) is 5.83. The van der Waals surface area contributed by atoms with Crippen molar-refractivity contribution in [2.75, 3.05) is 6.26 Å². The largest absolute Gasteiger partial charge is 0.306 e. The van der Waals surface area contributed by atoms with Crippen molar-refractivity contribution in [3.63, 3.8) is 0 Å². The number of fused-ring (bicyclic) bond motifs is 1. The number of hydrogen-bond acceptors (Lipinski definition) is 4. The zero-order valence-electron chi connectivity index (χ0n) is 18.7. The van der Waals surface area contributed by atoms with E-state index in [1.807, 2.05) is 25.5 Å².